The van der Waals surface area contributed by atoms with Crippen molar-refractivity contribution < 1.29 is 33.0 Å². The van der Waals surface area contributed by atoms with E-state index in [2.05, 4.69) is 15.1 Å². The van der Waals surface area contributed by atoms with Crippen molar-refractivity contribution in [3.8, 4) is 0 Å². The maximum absolute atomic E-state index is 13.9. The molecule has 0 aromatic heterocycles. The monoisotopic (exact) mass is 689 g/mol. The van der Waals surface area contributed by atoms with Crippen LogP contribution in [0.5, 0.6) is 0 Å². The highest BCUT2D eigenvalue weighted by atomic mass is 32.1. The zero-order chi connectivity index (χ0) is 34.9. The predicted octanol–water partition coefficient (Wildman–Crippen LogP) is 4.72. The summed E-state index contributed by atoms with van der Waals surface area (Å²) >= 11 is 5.83. The Morgan fingerprint density at radius 2 is 1.35 bits per heavy atom. The molecule has 1 N–H and O–H groups in total. The number of carbonyl (C=O) groups is 4. The second-order valence-corrected chi connectivity index (χ2v) is 12.0. The van der Waals surface area contributed by atoms with Crippen LogP contribution in [-0.2, 0) is 19.1 Å². The Balaban J connectivity index is 1.24. The molecule has 49 heavy (non-hydrogen) atoms. The number of nitrogens with one attached hydrogen (secondary N) is 1. The molecule has 11 nitrogen and oxygen atoms in total. The lowest BCUT2D eigenvalue weighted by Gasteiger charge is -2.36. The fourth-order valence-electron chi connectivity index (χ4n) is 5.92. The second kappa shape index (κ2) is 16.5. The molecular formula is C36H40FN5O6S. The van der Waals surface area contributed by atoms with Gasteiger partial charge in [-0.2, -0.15) is 0 Å². The summed E-state index contributed by atoms with van der Waals surface area (Å²) in [6, 6.07) is 18.5. The molecule has 2 aliphatic rings. The van der Waals surface area contributed by atoms with Crippen molar-refractivity contribution in [2.45, 2.75) is 32.7 Å². The van der Waals surface area contributed by atoms with Crippen molar-refractivity contribution in [2.24, 2.45) is 0 Å². The zero-order valence-electron chi connectivity index (χ0n) is 27.6. The third kappa shape index (κ3) is 8.78. The number of thiocarbonyl (C=S) groups is 1. The summed E-state index contributed by atoms with van der Waals surface area (Å²) in [5, 5.41) is 3.10. The number of hydrogen-bond acceptors (Lipinski definition) is 9. The first-order valence-corrected chi connectivity index (χ1v) is 16.8. The van der Waals surface area contributed by atoms with Gasteiger partial charge in [0.25, 0.3) is 5.91 Å². The Kier molecular flexibility index (Phi) is 11.9. The van der Waals surface area contributed by atoms with Crippen molar-refractivity contribution in [3.05, 3.63) is 89.7 Å². The molecule has 13 heteroatoms. The lowest BCUT2D eigenvalue weighted by Crippen LogP contribution is -2.47. The lowest BCUT2D eigenvalue weighted by molar-refractivity contribution is -0.124. The van der Waals surface area contributed by atoms with E-state index in [1.165, 1.54) is 17.0 Å². The van der Waals surface area contributed by atoms with Gasteiger partial charge >= 0.3 is 11.9 Å². The predicted molar refractivity (Wildman–Crippen MR) is 188 cm³/mol. The van der Waals surface area contributed by atoms with E-state index in [-0.39, 0.29) is 42.4 Å². The average molecular weight is 690 g/mol. The van der Waals surface area contributed by atoms with Crippen LogP contribution in [0.3, 0.4) is 0 Å². The summed E-state index contributed by atoms with van der Waals surface area (Å²) in [5.41, 5.74) is 2.67. The highest BCUT2D eigenvalue weighted by Gasteiger charge is 2.44. The van der Waals surface area contributed by atoms with Gasteiger partial charge in [-0.1, -0.05) is 0 Å². The fraction of sp³-hybridized carbons (Fsp3) is 0.361. The van der Waals surface area contributed by atoms with Gasteiger partial charge in [0.1, 0.15) is 11.9 Å². The van der Waals surface area contributed by atoms with Crippen molar-refractivity contribution in [2.75, 3.05) is 67.6 Å². The molecule has 0 radical (unpaired) electrons. The number of ether oxygens (including phenoxy) is 2. The molecule has 3 aromatic carbocycles. The van der Waals surface area contributed by atoms with Gasteiger partial charge in [0, 0.05) is 44.1 Å². The van der Waals surface area contributed by atoms with E-state index >= 15 is 0 Å². The number of esters is 2. The lowest BCUT2D eigenvalue weighted by atomic mass is 10.1. The quantitative estimate of drug-likeness (QED) is 0.200. The molecule has 2 heterocycles. The summed E-state index contributed by atoms with van der Waals surface area (Å²) in [5.74, 6) is -1.89. The molecular weight excluding hydrogens is 649 g/mol. The van der Waals surface area contributed by atoms with E-state index in [1.54, 1.807) is 79.4 Å². The van der Waals surface area contributed by atoms with Crippen molar-refractivity contribution >= 4 is 58.1 Å². The van der Waals surface area contributed by atoms with Crippen LogP contribution < -0.4 is 15.1 Å². The van der Waals surface area contributed by atoms with Crippen molar-refractivity contribution in [3.63, 3.8) is 0 Å². The van der Waals surface area contributed by atoms with E-state index in [9.17, 15) is 23.6 Å². The van der Waals surface area contributed by atoms with E-state index in [0.29, 0.717) is 35.5 Å². The van der Waals surface area contributed by atoms with Crippen LogP contribution in [0.25, 0.3) is 0 Å². The number of piperazine rings is 1. The number of amides is 2. The Morgan fingerprint density at radius 3 is 1.92 bits per heavy atom. The molecule has 0 unspecified atom stereocenters. The minimum atomic E-state index is -0.841. The molecule has 2 fully saturated rings. The van der Waals surface area contributed by atoms with Crippen LogP contribution in [0, 0.1) is 5.82 Å². The number of carbonyl (C=O) groups excluding carboxylic acids is 4. The van der Waals surface area contributed by atoms with Gasteiger partial charge in [-0.25, -0.2) is 14.0 Å². The highest BCUT2D eigenvalue weighted by Crippen LogP contribution is 2.28. The molecule has 1 atom stereocenters. The van der Waals surface area contributed by atoms with Crippen molar-refractivity contribution in [1.82, 2.24) is 9.80 Å². The summed E-state index contributed by atoms with van der Waals surface area (Å²) in [4.78, 5) is 59.2. The smallest absolute Gasteiger partial charge is 0.338 e. The molecule has 0 saturated carbocycles. The number of benzene rings is 3. The van der Waals surface area contributed by atoms with Crippen LogP contribution in [0.1, 0.15) is 47.4 Å². The first-order chi connectivity index (χ1) is 23.7. The van der Waals surface area contributed by atoms with E-state index in [1.807, 2.05) is 0 Å². The standard InChI is InChI=1S/C36H40FN5O6S/c1-3-47-34(45)25-6-12-28(13-7-25)38-32(43)24-31-33(44)42(30-14-8-26(9-15-30)35(46)48-4-2)36(49)41(31)19-5-18-39-20-22-40(23-21-39)29-16-10-27(37)11-17-29/h6-17,31H,3-5,18-24H2,1-2H3,(H,38,43)/t31-/m1/s1. The minimum Gasteiger partial charge on any atom is -0.462 e. The normalized spacial score (nSPS) is 16.6. The molecule has 0 spiro atoms. The van der Waals surface area contributed by atoms with Gasteiger partial charge in [-0.15, -0.1) is 0 Å². The van der Waals surface area contributed by atoms with E-state index in [4.69, 9.17) is 21.7 Å². The summed E-state index contributed by atoms with van der Waals surface area (Å²) in [6.07, 6.45) is 0.555. The largest absolute Gasteiger partial charge is 0.462 e. The van der Waals surface area contributed by atoms with E-state index in [0.717, 1.165) is 38.4 Å². The molecule has 258 valence electrons. The molecule has 3 aromatic rings. The minimum absolute atomic E-state index is 0.146. The Labute approximate surface area is 290 Å². The van der Waals surface area contributed by atoms with Crippen LogP contribution in [0.2, 0.25) is 0 Å². The van der Waals surface area contributed by atoms with Gasteiger partial charge in [0.2, 0.25) is 5.91 Å². The van der Waals surface area contributed by atoms with Crippen LogP contribution in [0.15, 0.2) is 72.8 Å². The number of anilines is 3. The number of rotatable bonds is 13. The zero-order valence-corrected chi connectivity index (χ0v) is 28.4. The Morgan fingerprint density at radius 1 is 0.796 bits per heavy atom. The fourth-order valence-corrected chi connectivity index (χ4v) is 6.34. The van der Waals surface area contributed by atoms with Crippen LogP contribution in [0.4, 0.5) is 21.5 Å². The molecule has 0 bridgehead atoms. The first kappa shape index (κ1) is 35.4. The average Bonchev–Trinajstić information content (AvgIpc) is 3.33. The maximum atomic E-state index is 13.9. The van der Waals surface area contributed by atoms with Crippen LogP contribution in [-0.4, -0.2) is 97.2 Å². The third-order valence-corrected chi connectivity index (χ3v) is 8.87. The topological polar surface area (TPSA) is 112 Å². The first-order valence-electron chi connectivity index (χ1n) is 16.4. The molecule has 2 amide bonds. The summed E-state index contributed by atoms with van der Waals surface area (Å²) < 4.78 is 23.5. The number of nitrogens with zero attached hydrogens (tertiary/aromatic N) is 4. The van der Waals surface area contributed by atoms with Gasteiger partial charge in [0.05, 0.1) is 36.4 Å². The molecule has 2 saturated heterocycles. The van der Waals surface area contributed by atoms with Gasteiger partial charge in [0.15, 0.2) is 5.11 Å². The van der Waals surface area contributed by atoms with Gasteiger partial charge in [-0.05, 0) is 112 Å². The van der Waals surface area contributed by atoms with Crippen LogP contribution >= 0.6 is 12.2 Å². The maximum Gasteiger partial charge on any atom is 0.338 e. The number of halogens is 1. The Bertz CT molecular complexity index is 1650. The Hall–Kier alpha value is -4.88. The van der Waals surface area contributed by atoms with Crippen molar-refractivity contribution in [1.29, 1.82) is 0 Å². The SMILES string of the molecule is CCOC(=O)c1ccc(NC(=O)C[C@@H]2C(=O)N(c3ccc(C(=O)OCC)cc3)C(=S)N2CCCN2CCN(c3ccc(F)cc3)CC2)cc1. The number of hydrogen-bond donors (Lipinski definition) is 1. The second-order valence-electron chi connectivity index (χ2n) is 11.6. The molecule has 0 aliphatic carbocycles. The van der Waals surface area contributed by atoms with Gasteiger partial charge in [-0.3, -0.25) is 19.4 Å². The molecule has 5 rings (SSSR count). The third-order valence-electron chi connectivity index (χ3n) is 8.45. The summed E-state index contributed by atoms with van der Waals surface area (Å²) in [7, 11) is 0. The molecule has 2 aliphatic heterocycles. The van der Waals surface area contributed by atoms with Gasteiger partial charge < -0.3 is 24.6 Å². The summed E-state index contributed by atoms with van der Waals surface area (Å²) in [6.45, 7) is 8.46. The van der Waals surface area contributed by atoms with E-state index < -0.39 is 18.0 Å². The highest BCUT2D eigenvalue weighted by molar-refractivity contribution is 7.80.